The zero-order valence-electron chi connectivity index (χ0n) is 13.5. The van der Waals surface area contributed by atoms with Crippen molar-refractivity contribution in [2.75, 3.05) is 26.2 Å². The van der Waals surface area contributed by atoms with E-state index < -0.39 is 0 Å². The molecule has 2 aliphatic heterocycles. The quantitative estimate of drug-likeness (QED) is 0.905. The van der Waals surface area contributed by atoms with Crippen LogP contribution in [0.1, 0.15) is 66.8 Å². The van der Waals surface area contributed by atoms with Gasteiger partial charge in [0.25, 0.3) is 5.91 Å². The first-order valence-electron chi connectivity index (χ1n) is 8.94. The molecule has 3 nitrogen and oxygen atoms in total. The van der Waals surface area contributed by atoms with Gasteiger partial charge in [-0.15, -0.1) is 0 Å². The summed E-state index contributed by atoms with van der Waals surface area (Å²) in [5.41, 5.74) is 2.23. The molecule has 1 atom stereocenters. The van der Waals surface area contributed by atoms with Crippen molar-refractivity contribution in [2.24, 2.45) is 0 Å². The van der Waals surface area contributed by atoms with E-state index in [9.17, 15) is 4.79 Å². The van der Waals surface area contributed by atoms with E-state index in [1.165, 1.54) is 37.7 Å². The molecule has 3 heteroatoms. The van der Waals surface area contributed by atoms with Crippen LogP contribution >= 0.6 is 0 Å². The van der Waals surface area contributed by atoms with Gasteiger partial charge in [0.1, 0.15) is 0 Å². The highest BCUT2D eigenvalue weighted by Crippen LogP contribution is 2.24. The molecule has 1 aromatic carbocycles. The lowest BCUT2D eigenvalue weighted by Crippen LogP contribution is -2.33. The largest absolute Gasteiger partial charge is 0.339 e. The minimum atomic E-state index is 0.218. The number of rotatable bonds is 2. The Kier molecular flexibility index (Phi) is 5.49. The summed E-state index contributed by atoms with van der Waals surface area (Å²) in [4.78, 5) is 14.7. The molecule has 3 rings (SSSR count). The van der Waals surface area contributed by atoms with E-state index in [1.807, 2.05) is 12.1 Å². The van der Waals surface area contributed by atoms with Gasteiger partial charge in [-0.3, -0.25) is 4.79 Å². The second-order valence-electron chi connectivity index (χ2n) is 6.73. The van der Waals surface area contributed by atoms with Crippen molar-refractivity contribution in [1.29, 1.82) is 0 Å². The number of benzene rings is 1. The average molecular weight is 300 g/mol. The van der Waals surface area contributed by atoms with E-state index >= 15 is 0 Å². The van der Waals surface area contributed by atoms with Gasteiger partial charge in [-0.25, -0.2) is 0 Å². The molecule has 0 aromatic heterocycles. The highest BCUT2D eigenvalue weighted by atomic mass is 16.2. The Morgan fingerprint density at radius 2 is 1.64 bits per heavy atom. The average Bonchev–Trinajstić information content (AvgIpc) is 2.55. The number of nitrogens with zero attached hydrogens (tertiary/aromatic N) is 1. The minimum Gasteiger partial charge on any atom is -0.339 e. The molecule has 0 saturated carbocycles. The molecule has 1 aromatic rings. The second kappa shape index (κ2) is 7.77. The molecule has 2 saturated heterocycles. The first-order valence-corrected chi connectivity index (χ1v) is 8.94. The van der Waals surface area contributed by atoms with Crippen molar-refractivity contribution in [3.8, 4) is 0 Å². The molecule has 2 heterocycles. The Labute approximate surface area is 134 Å². The predicted molar refractivity (Wildman–Crippen MR) is 90.3 cm³/mol. The number of piperidine rings is 1. The van der Waals surface area contributed by atoms with Crippen LogP contribution in [0.5, 0.6) is 0 Å². The monoisotopic (exact) mass is 300 g/mol. The van der Waals surface area contributed by atoms with Crippen LogP contribution in [0, 0.1) is 0 Å². The number of carbonyl (C=O) groups excluding carboxylic acids is 1. The summed E-state index contributed by atoms with van der Waals surface area (Å²) in [5.74, 6) is 0.829. The molecule has 0 spiro atoms. The third-order valence-electron chi connectivity index (χ3n) is 5.07. The Balaban J connectivity index is 1.64. The standard InChI is InChI=1S/C19H28N2O/c22-19(21-13-4-2-1-3-5-14-21)17-10-8-16(9-11-17)18-7-6-12-20-15-18/h8-11,18,20H,1-7,12-15H2. The van der Waals surface area contributed by atoms with Gasteiger partial charge in [0.05, 0.1) is 0 Å². The molecule has 0 radical (unpaired) electrons. The van der Waals surface area contributed by atoms with Crippen molar-refractivity contribution < 1.29 is 4.79 Å². The Bertz CT molecular complexity index is 469. The van der Waals surface area contributed by atoms with Crippen LogP contribution in [0.4, 0.5) is 0 Å². The first kappa shape index (κ1) is 15.5. The fraction of sp³-hybridized carbons (Fsp3) is 0.632. The minimum absolute atomic E-state index is 0.218. The summed E-state index contributed by atoms with van der Waals surface area (Å²) in [5, 5.41) is 3.46. The van der Waals surface area contributed by atoms with Gasteiger partial charge in [0.2, 0.25) is 0 Å². The number of likely N-dealkylation sites (tertiary alicyclic amines) is 1. The van der Waals surface area contributed by atoms with Gasteiger partial charge in [0, 0.05) is 25.2 Å². The van der Waals surface area contributed by atoms with Gasteiger partial charge in [0.15, 0.2) is 0 Å². The molecular formula is C19H28N2O. The maximum absolute atomic E-state index is 12.7. The van der Waals surface area contributed by atoms with Crippen molar-refractivity contribution >= 4 is 5.91 Å². The van der Waals surface area contributed by atoms with Crippen LogP contribution in [-0.4, -0.2) is 37.0 Å². The molecule has 0 aliphatic carbocycles. The lowest BCUT2D eigenvalue weighted by atomic mass is 9.91. The topological polar surface area (TPSA) is 32.3 Å². The lowest BCUT2D eigenvalue weighted by molar-refractivity contribution is 0.0742. The number of amides is 1. The highest BCUT2D eigenvalue weighted by molar-refractivity contribution is 5.94. The molecule has 2 aliphatic rings. The van der Waals surface area contributed by atoms with Crippen LogP contribution in [0.2, 0.25) is 0 Å². The highest BCUT2D eigenvalue weighted by Gasteiger charge is 2.18. The van der Waals surface area contributed by atoms with Crippen molar-refractivity contribution in [3.05, 3.63) is 35.4 Å². The summed E-state index contributed by atoms with van der Waals surface area (Å²) in [6.45, 7) is 4.06. The first-order chi connectivity index (χ1) is 10.8. The number of nitrogens with one attached hydrogen (secondary N) is 1. The maximum atomic E-state index is 12.7. The third kappa shape index (κ3) is 3.89. The van der Waals surface area contributed by atoms with Crippen molar-refractivity contribution in [1.82, 2.24) is 10.2 Å². The fourth-order valence-corrected chi connectivity index (χ4v) is 3.67. The van der Waals surface area contributed by atoms with E-state index in [-0.39, 0.29) is 5.91 Å². The Morgan fingerprint density at radius 1 is 0.955 bits per heavy atom. The summed E-state index contributed by atoms with van der Waals surface area (Å²) in [6.07, 6.45) is 8.65. The van der Waals surface area contributed by atoms with Crippen LogP contribution in [0.3, 0.4) is 0 Å². The SMILES string of the molecule is O=C(c1ccc(C2CCCNC2)cc1)N1CCCCCCC1. The molecular weight excluding hydrogens is 272 g/mol. The van der Waals surface area contributed by atoms with Crippen LogP contribution in [0.25, 0.3) is 0 Å². The Morgan fingerprint density at radius 3 is 2.27 bits per heavy atom. The summed E-state index contributed by atoms with van der Waals surface area (Å²) in [6, 6.07) is 8.39. The van der Waals surface area contributed by atoms with E-state index in [2.05, 4.69) is 22.3 Å². The lowest BCUT2D eigenvalue weighted by Gasteiger charge is -2.26. The third-order valence-corrected chi connectivity index (χ3v) is 5.07. The number of hydrogen-bond acceptors (Lipinski definition) is 2. The molecule has 22 heavy (non-hydrogen) atoms. The summed E-state index contributed by atoms with van der Waals surface area (Å²) >= 11 is 0. The number of hydrogen-bond donors (Lipinski definition) is 1. The van der Waals surface area contributed by atoms with Gasteiger partial charge in [-0.1, -0.05) is 31.4 Å². The van der Waals surface area contributed by atoms with Crippen molar-refractivity contribution in [3.63, 3.8) is 0 Å². The molecule has 0 bridgehead atoms. The van der Waals surface area contributed by atoms with Crippen molar-refractivity contribution in [2.45, 2.75) is 50.9 Å². The zero-order valence-corrected chi connectivity index (χ0v) is 13.5. The van der Waals surface area contributed by atoms with Crippen LogP contribution in [0.15, 0.2) is 24.3 Å². The second-order valence-corrected chi connectivity index (χ2v) is 6.73. The van der Waals surface area contributed by atoms with E-state index in [1.54, 1.807) is 0 Å². The van der Waals surface area contributed by atoms with E-state index in [0.717, 1.165) is 44.6 Å². The summed E-state index contributed by atoms with van der Waals surface area (Å²) < 4.78 is 0. The molecule has 2 fully saturated rings. The zero-order chi connectivity index (χ0) is 15.2. The van der Waals surface area contributed by atoms with Gasteiger partial charge in [-0.2, -0.15) is 0 Å². The normalized spacial score (nSPS) is 23.6. The van der Waals surface area contributed by atoms with E-state index in [0.29, 0.717) is 5.92 Å². The van der Waals surface area contributed by atoms with Crippen LogP contribution in [-0.2, 0) is 0 Å². The molecule has 120 valence electrons. The van der Waals surface area contributed by atoms with E-state index in [4.69, 9.17) is 0 Å². The molecule has 1 unspecified atom stereocenters. The molecule has 1 amide bonds. The fourth-order valence-electron chi connectivity index (χ4n) is 3.67. The predicted octanol–water partition coefficient (Wildman–Crippen LogP) is 3.56. The van der Waals surface area contributed by atoms with Crippen LogP contribution < -0.4 is 5.32 Å². The summed E-state index contributed by atoms with van der Waals surface area (Å²) in [7, 11) is 0. The number of carbonyl (C=O) groups is 1. The van der Waals surface area contributed by atoms with Gasteiger partial charge < -0.3 is 10.2 Å². The van der Waals surface area contributed by atoms with Gasteiger partial charge in [-0.05, 0) is 55.8 Å². The Hall–Kier alpha value is -1.35. The maximum Gasteiger partial charge on any atom is 0.253 e. The molecule has 1 N–H and O–H groups in total. The van der Waals surface area contributed by atoms with Gasteiger partial charge >= 0.3 is 0 Å². The smallest absolute Gasteiger partial charge is 0.253 e.